The van der Waals surface area contributed by atoms with Gasteiger partial charge in [0.05, 0.1) is 20.8 Å². The zero-order valence-corrected chi connectivity index (χ0v) is 15.5. The minimum absolute atomic E-state index is 0.0177. The van der Waals surface area contributed by atoms with Crippen molar-refractivity contribution in [2.75, 3.05) is 0 Å². The lowest BCUT2D eigenvalue weighted by Crippen LogP contribution is -2.23. The standard InChI is InChI=1S/C18H14N4O4S/c1-9-11(3)20-14(10(2)18(24)21(20)17(9)23)6-7-16-19-13-5-4-12(22(25)26)8-15(13)27-16/h4-8H,1-3H3/b7-6+. The van der Waals surface area contributed by atoms with Crippen molar-refractivity contribution in [3.8, 4) is 0 Å². The lowest BCUT2D eigenvalue weighted by Gasteiger charge is -1.97. The van der Waals surface area contributed by atoms with Crippen LogP contribution in [0.15, 0.2) is 27.8 Å². The van der Waals surface area contributed by atoms with Crippen molar-refractivity contribution < 1.29 is 4.92 Å². The average Bonchev–Trinajstić information content (AvgIpc) is 3.23. The molecule has 4 aromatic rings. The van der Waals surface area contributed by atoms with Crippen molar-refractivity contribution >= 4 is 39.4 Å². The van der Waals surface area contributed by atoms with E-state index in [4.69, 9.17) is 0 Å². The van der Waals surface area contributed by atoms with E-state index in [1.165, 1.54) is 23.5 Å². The molecule has 0 N–H and O–H groups in total. The molecule has 9 heteroatoms. The number of nitro groups is 1. The molecule has 0 unspecified atom stereocenters. The van der Waals surface area contributed by atoms with Gasteiger partial charge in [-0.3, -0.25) is 19.7 Å². The van der Waals surface area contributed by atoms with E-state index in [2.05, 4.69) is 4.98 Å². The van der Waals surface area contributed by atoms with Gasteiger partial charge in [-0.1, -0.05) is 0 Å². The molecule has 0 fully saturated rings. The Labute approximate surface area is 156 Å². The lowest BCUT2D eigenvalue weighted by molar-refractivity contribution is -0.384. The number of hydrogen-bond acceptors (Lipinski definition) is 6. The first kappa shape index (κ1) is 17.1. The summed E-state index contributed by atoms with van der Waals surface area (Å²) < 4.78 is 3.47. The molecule has 136 valence electrons. The molecule has 0 saturated heterocycles. The molecule has 27 heavy (non-hydrogen) atoms. The second-order valence-electron chi connectivity index (χ2n) is 6.25. The highest BCUT2D eigenvalue weighted by molar-refractivity contribution is 7.19. The summed E-state index contributed by atoms with van der Waals surface area (Å²) in [5, 5.41) is 11.6. The van der Waals surface area contributed by atoms with Crippen molar-refractivity contribution in [1.29, 1.82) is 0 Å². The van der Waals surface area contributed by atoms with Gasteiger partial charge in [-0.05, 0) is 39.0 Å². The highest BCUT2D eigenvalue weighted by Crippen LogP contribution is 2.27. The van der Waals surface area contributed by atoms with E-state index in [0.29, 0.717) is 37.7 Å². The van der Waals surface area contributed by atoms with Crippen LogP contribution in [-0.2, 0) is 0 Å². The number of hydrogen-bond donors (Lipinski definition) is 0. The van der Waals surface area contributed by atoms with E-state index < -0.39 is 4.92 Å². The van der Waals surface area contributed by atoms with Crippen LogP contribution in [-0.4, -0.2) is 18.9 Å². The third-order valence-electron chi connectivity index (χ3n) is 4.68. The Morgan fingerprint density at radius 2 is 1.78 bits per heavy atom. The Morgan fingerprint density at radius 1 is 1.07 bits per heavy atom. The zero-order chi connectivity index (χ0) is 19.5. The molecule has 0 aliphatic carbocycles. The molecule has 0 aliphatic heterocycles. The van der Waals surface area contributed by atoms with E-state index in [1.54, 1.807) is 43.5 Å². The number of nitro benzene ring substituents is 1. The molecule has 0 spiro atoms. The number of thiazole rings is 1. The minimum Gasteiger partial charge on any atom is -0.267 e. The van der Waals surface area contributed by atoms with Crippen LogP contribution in [0.25, 0.3) is 22.4 Å². The van der Waals surface area contributed by atoms with Gasteiger partial charge in [0.15, 0.2) is 0 Å². The Hall–Kier alpha value is -3.33. The van der Waals surface area contributed by atoms with E-state index >= 15 is 0 Å². The van der Waals surface area contributed by atoms with E-state index in [1.807, 2.05) is 0 Å². The predicted octanol–water partition coefficient (Wildman–Crippen LogP) is 2.81. The highest BCUT2D eigenvalue weighted by Gasteiger charge is 2.18. The molecule has 1 aromatic carbocycles. The van der Waals surface area contributed by atoms with E-state index in [-0.39, 0.29) is 16.8 Å². The van der Waals surface area contributed by atoms with Crippen LogP contribution in [0.5, 0.6) is 0 Å². The normalized spacial score (nSPS) is 12.0. The van der Waals surface area contributed by atoms with Gasteiger partial charge in [0.25, 0.3) is 16.8 Å². The van der Waals surface area contributed by atoms with Gasteiger partial charge in [-0.15, -0.1) is 11.3 Å². The first-order valence-corrected chi connectivity index (χ1v) is 8.91. The third-order valence-corrected chi connectivity index (χ3v) is 5.67. The van der Waals surface area contributed by atoms with Crippen molar-refractivity contribution in [2.24, 2.45) is 0 Å². The predicted molar refractivity (Wildman–Crippen MR) is 104 cm³/mol. The van der Waals surface area contributed by atoms with Gasteiger partial charge in [0.2, 0.25) is 0 Å². The summed E-state index contributed by atoms with van der Waals surface area (Å²) in [5.74, 6) is 0. The topological polar surface area (TPSA) is 99.0 Å². The molecule has 0 atom stereocenters. The quantitative estimate of drug-likeness (QED) is 0.401. The Morgan fingerprint density at radius 3 is 2.48 bits per heavy atom. The fourth-order valence-corrected chi connectivity index (χ4v) is 3.98. The molecule has 8 nitrogen and oxygen atoms in total. The number of fused-ring (bicyclic) bond motifs is 2. The number of rotatable bonds is 3. The van der Waals surface area contributed by atoms with Crippen molar-refractivity contribution in [2.45, 2.75) is 20.8 Å². The number of aryl methyl sites for hydroxylation is 1. The summed E-state index contributed by atoms with van der Waals surface area (Å²) in [6, 6.07) is 4.52. The van der Waals surface area contributed by atoms with Crippen LogP contribution in [0.1, 0.15) is 27.5 Å². The number of non-ortho nitro benzene ring substituents is 1. The molecule has 0 saturated carbocycles. The van der Waals surface area contributed by atoms with Gasteiger partial charge in [0, 0.05) is 29.0 Å². The highest BCUT2D eigenvalue weighted by atomic mass is 32.1. The van der Waals surface area contributed by atoms with E-state index in [0.717, 1.165) is 4.52 Å². The maximum absolute atomic E-state index is 12.4. The van der Waals surface area contributed by atoms with Crippen LogP contribution in [0, 0.1) is 30.9 Å². The number of benzene rings is 1. The average molecular weight is 382 g/mol. The second-order valence-corrected chi connectivity index (χ2v) is 7.31. The first-order chi connectivity index (χ1) is 12.8. The monoisotopic (exact) mass is 382 g/mol. The summed E-state index contributed by atoms with van der Waals surface area (Å²) in [4.78, 5) is 39.6. The molecular weight excluding hydrogens is 368 g/mol. The van der Waals surface area contributed by atoms with Crippen LogP contribution in [0.4, 0.5) is 5.69 Å². The van der Waals surface area contributed by atoms with Crippen LogP contribution >= 0.6 is 11.3 Å². The van der Waals surface area contributed by atoms with Crippen LogP contribution < -0.4 is 11.1 Å². The Kier molecular flexibility index (Phi) is 3.70. The SMILES string of the molecule is Cc1c(C)n2c(/C=C/c3nc4ccc([N+](=O)[O-])cc4s3)c(C)c(=O)n2c1=O. The van der Waals surface area contributed by atoms with Gasteiger partial charge in [0.1, 0.15) is 5.01 Å². The maximum Gasteiger partial charge on any atom is 0.278 e. The summed E-state index contributed by atoms with van der Waals surface area (Å²) in [7, 11) is 0. The van der Waals surface area contributed by atoms with Gasteiger partial charge < -0.3 is 0 Å². The molecule has 4 rings (SSSR count). The molecule has 0 aliphatic rings. The Balaban J connectivity index is 1.84. The summed E-state index contributed by atoms with van der Waals surface area (Å²) >= 11 is 1.32. The van der Waals surface area contributed by atoms with Gasteiger partial charge >= 0.3 is 0 Å². The number of nitrogens with zero attached hydrogens (tertiary/aromatic N) is 4. The summed E-state index contributed by atoms with van der Waals surface area (Å²) in [6.07, 6.45) is 3.49. The van der Waals surface area contributed by atoms with Gasteiger partial charge in [-0.2, -0.15) is 4.52 Å². The van der Waals surface area contributed by atoms with E-state index in [9.17, 15) is 19.7 Å². The molecule has 3 heterocycles. The molecule has 0 amide bonds. The third kappa shape index (κ3) is 2.47. The second kappa shape index (κ2) is 5.85. The lowest BCUT2D eigenvalue weighted by atomic mass is 10.2. The molecule has 0 radical (unpaired) electrons. The minimum atomic E-state index is -0.441. The zero-order valence-electron chi connectivity index (χ0n) is 14.7. The molecule has 3 aromatic heterocycles. The van der Waals surface area contributed by atoms with Crippen LogP contribution in [0.2, 0.25) is 0 Å². The van der Waals surface area contributed by atoms with Gasteiger partial charge in [-0.25, -0.2) is 9.50 Å². The summed E-state index contributed by atoms with van der Waals surface area (Å²) in [5.41, 5.74) is 2.38. The fraction of sp³-hybridized carbons (Fsp3) is 0.167. The first-order valence-electron chi connectivity index (χ1n) is 8.10. The Bertz CT molecular complexity index is 1380. The molecular formula is C18H14N4O4S. The smallest absolute Gasteiger partial charge is 0.267 e. The maximum atomic E-state index is 12.4. The molecule has 0 bridgehead atoms. The number of aromatic nitrogens is 3. The van der Waals surface area contributed by atoms with Crippen LogP contribution in [0.3, 0.4) is 0 Å². The van der Waals surface area contributed by atoms with Crippen molar-refractivity contribution in [3.05, 3.63) is 76.5 Å². The fourth-order valence-electron chi connectivity index (χ4n) is 3.07. The van der Waals surface area contributed by atoms with Crippen molar-refractivity contribution in [3.63, 3.8) is 0 Å². The largest absolute Gasteiger partial charge is 0.278 e. The summed E-state index contributed by atoms with van der Waals surface area (Å²) in [6.45, 7) is 5.17. The van der Waals surface area contributed by atoms with Crippen molar-refractivity contribution in [1.82, 2.24) is 14.0 Å².